The van der Waals surface area contributed by atoms with E-state index in [1.54, 1.807) is 4.90 Å². The Labute approximate surface area is 190 Å². The van der Waals surface area contributed by atoms with Crippen LogP contribution in [-0.2, 0) is 27.5 Å². The first-order valence-electron chi connectivity index (χ1n) is 10.4. The number of carbonyl (C=O) groups is 3. The molecule has 1 unspecified atom stereocenters. The second-order valence-corrected chi connectivity index (χ2v) is 8.65. The molecule has 2 aromatic carbocycles. The van der Waals surface area contributed by atoms with Crippen molar-refractivity contribution < 1.29 is 14.4 Å². The Hall–Kier alpha value is -3.52. The van der Waals surface area contributed by atoms with Crippen LogP contribution in [0.1, 0.15) is 24.5 Å². The number of aromatic nitrogens is 1. The summed E-state index contributed by atoms with van der Waals surface area (Å²) < 4.78 is 0. The third-order valence-electron chi connectivity index (χ3n) is 5.33. The van der Waals surface area contributed by atoms with Gasteiger partial charge in [-0.2, -0.15) is 0 Å². The van der Waals surface area contributed by atoms with E-state index in [1.807, 2.05) is 60.0 Å². The predicted octanol–water partition coefficient (Wildman–Crippen LogP) is 3.43. The number of benzene rings is 2. The quantitative estimate of drug-likeness (QED) is 0.579. The van der Waals surface area contributed by atoms with Crippen LogP contribution in [0.4, 0.5) is 5.13 Å². The SMILES string of the molecule is CC(=O)NCc1ccc(-c2csc(NC(=O)C3CC(=O)N(Cc4ccccc4)C3)n2)cc1. The fraction of sp³-hybridized carbons (Fsp3) is 0.250. The van der Waals surface area contributed by atoms with Gasteiger partial charge in [0.1, 0.15) is 0 Å². The summed E-state index contributed by atoms with van der Waals surface area (Å²) in [7, 11) is 0. The average molecular weight is 449 g/mol. The van der Waals surface area contributed by atoms with Gasteiger partial charge in [0.05, 0.1) is 11.6 Å². The Balaban J connectivity index is 1.33. The van der Waals surface area contributed by atoms with E-state index in [-0.39, 0.29) is 30.1 Å². The summed E-state index contributed by atoms with van der Waals surface area (Å²) in [4.78, 5) is 42.4. The number of likely N-dealkylation sites (tertiary alicyclic amines) is 1. The maximum Gasteiger partial charge on any atom is 0.231 e. The predicted molar refractivity (Wildman–Crippen MR) is 124 cm³/mol. The molecule has 3 amide bonds. The molecule has 0 saturated carbocycles. The van der Waals surface area contributed by atoms with Crippen LogP contribution in [0, 0.1) is 5.92 Å². The van der Waals surface area contributed by atoms with Crippen molar-refractivity contribution in [1.29, 1.82) is 0 Å². The molecule has 1 fully saturated rings. The van der Waals surface area contributed by atoms with E-state index in [4.69, 9.17) is 0 Å². The second-order valence-electron chi connectivity index (χ2n) is 7.79. The van der Waals surface area contributed by atoms with Crippen LogP contribution < -0.4 is 10.6 Å². The first-order valence-corrected chi connectivity index (χ1v) is 11.3. The van der Waals surface area contributed by atoms with Crippen LogP contribution in [-0.4, -0.2) is 34.2 Å². The van der Waals surface area contributed by atoms with Crippen molar-refractivity contribution in [2.24, 2.45) is 5.92 Å². The molecule has 2 heterocycles. The van der Waals surface area contributed by atoms with Crippen molar-refractivity contribution in [3.8, 4) is 11.3 Å². The summed E-state index contributed by atoms with van der Waals surface area (Å²) in [6, 6.07) is 17.5. The van der Waals surface area contributed by atoms with E-state index >= 15 is 0 Å². The molecule has 1 saturated heterocycles. The van der Waals surface area contributed by atoms with Gasteiger partial charge in [-0.25, -0.2) is 4.98 Å². The van der Waals surface area contributed by atoms with Gasteiger partial charge in [-0.3, -0.25) is 14.4 Å². The lowest BCUT2D eigenvalue weighted by molar-refractivity contribution is -0.128. The molecule has 0 radical (unpaired) electrons. The van der Waals surface area contributed by atoms with Gasteiger partial charge in [0.15, 0.2) is 5.13 Å². The lowest BCUT2D eigenvalue weighted by Gasteiger charge is -2.16. The monoisotopic (exact) mass is 448 g/mol. The minimum absolute atomic E-state index is 0.00631. The summed E-state index contributed by atoms with van der Waals surface area (Å²) in [5, 5.41) is 8.03. The highest BCUT2D eigenvalue weighted by Gasteiger charge is 2.34. The molecule has 4 rings (SSSR count). The van der Waals surface area contributed by atoms with Gasteiger partial charge in [-0.05, 0) is 11.1 Å². The molecule has 0 bridgehead atoms. The van der Waals surface area contributed by atoms with Crippen LogP contribution in [0.5, 0.6) is 0 Å². The number of anilines is 1. The molecular formula is C24H24N4O3S. The molecule has 2 N–H and O–H groups in total. The van der Waals surface area contributed by atoms with Crippen LogP contribution in [0.2, 0.25) is 0 Å². The Kier molecular flexibility index (Phi) is 6.61. The largest absolute Gasteiger partial charge is 0.352 e. The van der Waals surface area contributed by atoms with E-state index in [2.05, 4.69) is 15.6 Å². The first-order chi connectivity index (χ1) is 15.5. The van der Waals surface area contributed by atoms with Gasteiger partial charge >= 0.3 is 0 Å². The summed E-state index contributed by atoms with van der Waals surface area (Å²) >= 11 is 1.36. The van der Waals surface area contributed by atoms with Crippen molar-refractivity contribution in [3.63, 3.8) is 0 Å². The fourth-order valence-corrected chi connectivity index (χ4v) is 4.32. The highest BCUT2D eigenvalue weighted by molar-refractivity contribution is 7.14. The minimum atomic E-state index is -0.383. The minimum Gasteiger partial charge on any atom is -0.352 e. The first kappa shape index (κ1) is 21.7. The molecule has 1 aliphatic rings. The van der Waals surface area contributed by atoms with Crippen LogP contribution >= 0.6 is 11.3 Å². The Morgan fingerprint density at radius 2 is 1.84 bits per heavy atom. The fourth-order valence-electron chi connectivity index (χ4n) is 3.60. The third kappa shape index (κ3) is 5.39. The molecule has 8 heteroatoms. The van der Waals surface area contributed by atoms with Gasteiger partial charge in [-0.1, -0.05) is 54.6 Å². The van der Waals surface area contributed by atoms with Crippen LogP contribution in [0.15, 0.2) is 60.0 Å². The molecule has 1 atom stereocenters. The maximum atomic E-state index is 12.7. The number of rotatable bonds is 7. The van der Waals surface area contributed by atoms with E-state index in [0.717, 1.165) is 22.4 Å². The summed E-state index contributed by atoms with van der Waals surface area (Å²) in [5.74, 6) is -0.638. The van der Waals surface area contributed by atoms with E-state index < -0.39 is 0 Å². The number of nitrogens with zero attached hydrogens (tertiary/aromatic N) is 2. The number of hydrogen-bond acceptors (Lipinski definition) is 5. The second kappa shape index (κ2) is 9.74. The van der Waals surface area contributed by atoms with Crippen LogP contribution in [0.3, 0.4) is 0 Å². The molecule has 3 aromatic rings. The maximum absolute atomic E-state index is 12.7. The van der Waals surface area contributed by atoms with Crippen LogP contribution in [0.25, 0.3) is 11.3 Å². The number of thiazole rings is 1. The van der Waals surface area contributed by atoms with Gasteiger partial charge < -0.3 is 15.5 Å². The standard InChI is InChI=1S/C24H24N4O3S/c1-16(29)25-12-17-7-9-19(10-8-17)21-15-32-24(26-21)27-23(31)20-11-22(30)28(14-20)13-18-5-3-2-4-6-18/h2-10,15,20H,11-14H2,1H3,(H,25,29)(H,26,27,31). The number of amides is 3. The zero-order chi connectivity index (χ0) is 22.5. The van der Waals surface area contributed by atoms with Crippen molar-refractivity contribution in [1.82, 2.24) is 15.2 Å². The van der Waals surface area contributed by atoms with Gasteiger partial charge in [0.2, 0.25) is 17.7 Å². The highest BCUT2D eigenvalue weighted by atomic mass is 32.1. The summed E-state index contributed by atoms with van der Waals surface area (Å²) in [5.41, 5.74) is 3.75. The molecule has 164 valence electrons. The van der Waals surface area contributed by atoms with Gasteiger partial charge in [-0.15, -0.1) is 11.3 Å². The van der Waals surface area contributed by atoms with E-state index in [9.17, 15) is 14.4 Å². The van der Waals surface area contributed by atoms with E-state index in [1.165, 1.54) is 18.3 Å². The molecule has 0 aliphatic carbocycles. The molecule has 32 heavy (non-hydrogen) atoms. The molecule has 7 nitrogen and oxygen atoms in total. The average Bonchev–Trinajstić information content (AvgIpc) is 3.40. The normalized spacial score (nSPS) is 15.6. The lowest BCUT2D eigenvalue weighted by Crippen LogP contribution is -2.28. The zero-order valence-corrected chi connectivity index (χ0v) is 18.5. The number of hydrogen-bond donors (Lipinski definition) is 2. The third-order valence-corrected chi connectivity index (χ3v) is 6.08. The summed E-state index contributed by atoms with van der Waals surface area (Å²) in [6.45, 7) is 2.90. The van der Waals surface area contributed by atoms with E-state index in [0.29, 0.717) is 24.8 Å². The van der Waals surface area contributed by atoms with Gasteiger partial charge in [0.25, 0.3) is 0 Å². The summed E-state index contributed by atoms with van der Waals surface area (Å²) in [6.07, 6.45) is 0.215. The van der Waals surface area contributed by atoms with Crippen molar-refractivity contribution >= 4 is 34.2 Å². The molecular weight excluding hydrogens is 424 g/mol. The van der Waals surface area contributed by atoms with Crippen molar-refractivity contribution in [3.05, 3.63) is 71.1 Å². The molecule has 0 spiro atoms. The van der Waals surface area contributed by atoms with Crippen molar-refractivity contribution in [2.75, 3.05) is 11.9 Å². The number of nitrogens with one attached hydrogen (secondary N) is 2. The van der Waals surface area contributed by atoms with Gasteiger partial charge in [0, 0.05) is 43.9 Å². The zero-order valence-electron chi connectivity index (χ0n) is 17.7. The Bertz CT molecular complexity index is 1110. The topological polar surface area (TPSA) is 91.4 Å². The lowest BCUT2D eigenvalue weighted by atomic mass is 10.1. The molecule has 1 aliphatic heterocycles. The highest BCUT2D eigenvalue weighted by Crippen LogP contribution is 2.27. The Morgan fingerprint density at radius 1 is 1.09 bits per heavy atom. The van der Waals surface area contributed by atoms with Crippen molar-refractivity contribution in [2.45, 2.75) is 26.4 Å². The number of carbonyl (C=O) groups excluding carboxylic acids is 3. The smallest absolute Gasteiger partial charge is 0.231 e. The Morgan fingerprint density at radius 3 is 2.56 bits per heavy atom. The molecule has 1 aromatic heterocycles.